The lowest BCUT2D eigenvalue weighted by atomic mass is 10.1. The molecule has 1 unspecified atom stereocenters. The Morgan fingerprint density at radius 2 is 2.11 bits per heavy atom. The summed E-state index contributed by atoms with van der Waals surface area (Å²) in [6.07, 6.45) is 0.997. The molecule has 1 N–H and O–H groups in total. The zero-order valence-corrected chi connectivity index (χ0v) is 11.1. The average molecular weight is 253 g/mol. The maximum Gasteiger partial charge on any atom is 0.336 e. The summed E-state index contributed by atoms with van der Waals surface area (Å²) in [6.45, 7) is 7.61. The van der Waals surface area contributed by atoms with Gasteiger partial charge in [0, 0.05) is 12.6 Å². The molecule has 1 aromatic carbocycles. The van der Waals surface area contributed by atoms with E-state index in [-0.39, 0.29) is 5.56 Å². The van der Waals surface area contributed by atoms with E-state index >= 15 is 0 Å². The molecule has 0 spiro atoms. The predicted octanol–water partition coefficient (Wildman–Crippen LogP) is 3.14. The molecule has 3 nitrogen and oxygen atoms in total. The SMILES string of the molecule is CCC(C)N(CC)Cc1ccc(F)cc1C(=O)O. The van der Waals surface area contributed by atoms with Gasteiger partial charge in [0.05, 0.1) is 5.56 Å². The largest absolute Gasteiger partial charge is 0.478 e. The van der Waals surface area contributed by atoms with E-state index in [2.05, 4.69) is 18.7 Å². The van der Waals surface area contributed by atoms with Crippen LogP contribution < -0.4 is 0 Å². The van der Waals surface area contributed by atoms with Crippen LogP contribution in [0, 0.1) is 5.82 Å². The van der Waals surface area contributed by atoms with Gasteiger partial charge in [-0.05, 0) is 37.6 Å². The smallest absolute Gasteiger partial charge is 0.336 e. The monoisotopic (exact) mass is 253 g/mol. The summed E-state index contributed by atoms with van der Waals surface area (Å²) in [5, 5.41) is 9.09. The molecule has 0 aromatic heterocycles. The third-order valence-corrected chi connectivity index (χ3v) is 3.30. The Labute approximate surface area is 107 Å². The van der Waals surface area contributed by atoms with Crippen molar-refractivity contribution < 1.29 is 14.3 Å². The number of hydrogen-bond acceptors (Lipinski definition) is 2. The van der Waals surface area contributed by atoms with Crippen molar-refractivity contribution in [1.82, 2.24) is 4.90 Å². The molecule has 4 heteroatoms. The van der Waals surface area contributed by atoms with Gasteiger partial charge in [0.1, 0.15) is 5.82 Å². The first kappa shape index (κ1) is 14.6. The van der Waals surface area contributed by atoms with Crippen LogP contribution in [0.5, 0.6) is 0 Å². The van der Waals surface area contributed by atoms with Gasteiger partial charge in [0.15, 0.2) is 0 Å². The highest BCUT2D eigenvalue weighted by Gasteiger charge is 2.16. The van der Waals surface area contributed by atoms with E-state index < -0.39 is 11.8 Å². The number of halogens is 1. The quantitative estimate of drug-likeness (QED) is 0.846. The van der Waals surface area contributed by atoms with Gasteiger partial charge in [-0.2, -0.15) is 0 Å². The lowest BCUT2D eigenvalue weighted by molar-refractivity contribution is 0.0693. The fourth-order valence-electron chi connectivity index (χ4n) is 1.94. The molecule has 18 heavy (non-hydrogen) atoms. The highest BCUT2D eigenvalue weighted by atomic mass is 19.1. The lowest BCUT2D eigenvalue weighted by Crippen LogP contribution is -2.32. The van der Waals surface area contributed by atoms with Crippen LogP contribution in [0.1, 0.15) is 43.1 Å². The van der Waals surface area contributed by atoms with Crippen molar-refractivity contribution in [2.24, 2.45) is 0 Å². The minimum atomic E-state index is -1.08. The summed E-state index contributed by atoms with van der Waals surface area (Å²) < 4.78 is 13.1. The maximum atomic E-state index is 13.1. The van der Waals surface area contributed by atoms with Gasteiger partial charge in [-0.3, -0.25) is 4.90 Å². The van der Waals surface area contributed by atoms with E-state index in [0.29, 0.717) is 18.2 Å². The number of carboxylic acids is 1. The number of aromatic carboxylic acids is 1. The first-order valence-electron chi connectivity index (χ1n) is 6.25. The van der Waals surface area contributed by atoms with Crippen LogP contribution in [-0.2, 0) is 6.54 Å². The van der Waals surface area contributed by atoms with E-state index in [1.165, 1.54) is 6.07 Å². The molecule has 100 valence electrons. The van der Waals surface area contributed by atoms with E-state index in [9.17, 15) is 9.18 Å². The van der Waals surface area contributed by atoms with Crippen LogP contribution >= 0.6 is 0 Å². The number of carbonyl (C=O) groups is 1. The number of hydrogen-bond donors (Lipinski definition) is 1. The topological polar surface area (TPSA) is 40.5 Å². The Balaban J connectivity index is 2.99. The zero-order chi connectivity index (χ0) is 13.7. The molecule has 0 radical (unpaired) electrons. The molecule has 0 aliphatic heterocycles. The number of nitrogens with zero attached hydrogens (tertiary/aromatic N) is 1. The third kappa shape index (κ3) is 3.53. The van der Waals surface area contributed by atoms with Gasteiger partial charge < -0.3 is 5.11 Å². The Kier molecular flexibility index (Phi) is 5.28. The van der Waals surface area contributed by atoms with E-state index in [1.807, 2.05) is 6.92 Å². The van der Waals surface area contributed by atoms with Crippen molar-refractivity contribution in [3.05, 3.63) is 35.1 Å². The summed E-state index contributed by atoms with van der Waals surface area (Å²) >= 11 is 0. The van der Waals surface area contributed by atoms with Gasteiger partial charge in [-0.1, -0.05) is 19.9 Å². The van der Waals surface area contributed by atoms with Crippen molar-refractivity contribution in [2.75, 3.05) is 6.54 Å². The Morgan fingerprint density at radius 3 is 2.61 bits per heavy atom. The zero-order valence-electron chi connectivity index (χ0n) is 11.1. The lowest BCUT2D eigenvalue weighted by Gasteiger charge is -2.27. The minimum absolute atomic E-state index is 0.0525. The van der Waals surface area contributed by atoms with Crippen molar-refractivity contribution in [1.29, 1.82) is 0 Å². The molecule has 0 fully saturated rings. The predicted molar refractivity (Wildman–Crippen MR) is 69.2 cm³/mol. The molecule has 1 aromatic rings. The maximum absolute atomic E-state index is 13.1. The van der Waals surface area contributed by atoms with Crippen molar-refractivity contribution >= 4 is 5.97 Å². The van der Waals surface area contributed by atoms with Gasteiger partial charge in [-0.15, -0.1) is 0 Å². The fourth-order valence-corrected chi connectivity index (χ4v) is 1.94. The van der Waals surface area contributed by atoms with Gasteiger partial charge in [0.2, 0.25) is 0 Å². The highest BCUT2D eigenvalue weighted by Crippen LogP contribution is 2.16. The summed E-state index contributed by atoms with van der Waals surface area (Å²) in [7, 11) is 0. The number of carboxylic acid groups (broad SMARTS) is 1. The third-order valence-electron chi connectivity index (χ3n) is 3.30. The highest BCUT2D eigenvalue weighted by molar-refractivity contribution is 5.89. The van der Waals surface area contributed by atoms with Crippen LogP contribution in [0.4, 0.5) is 4.39 Å². The minimum Gasteiger partial charge on any atom is -0.478 e. The standard InChI is InChI=1S/C14H20FNO2/c1-4-10(3)16(5-2)9-11-6-7-12(15)8-13(11)14(17)18/h6-8,10H,4-5,9H2,1-3H3,(H,17,18). The summed E-state index contributed by atoms with van der Waals surface area (Å²) in [5.74, 6) is -1.59. The van der Waals surface area contributed by atoms with Crippen LogP contribution in [0.3, 0.4) is 0 Å². The van der Waals surface area contributed by atoms with E-state index in [4.69, 9.17) is 5.11 Å². The summed E-state index contributed by atoms with van der Waals surface area (Å²) in [4.78, 5) is 13.3. The molecule has 0 heterocycles. The second kappa shape index (κ2) is 6.50. The normalized spacial score (nSPS) is 12.7. The van der Waals surface area contributed by atoms with Crippen molar-refractivity contribution in [3.8, 4) is 0 Å². The van der Waals surface area contributed by atoms with Crippen LogP contribution in [0.25, 0.3) is 0 Å². The number of benzene rings is 1. The second-order valence-electron chi connectivity index (χ2n) is 4.43. The molecule has 0 amide bonds. The fraction of sp³-hybridized carbons (Fsp3) is 0.500. The van der Waals surface area contributed by atoms with E-state index in [1.54, 1.807) is 6.07 Å². The number of rotatable bonds is 6. The molecule has 0 saturated carbocycles. The van der Waals surface area contributed by atoms with Gasteiger partial charge in [-0.25, -0.2) is 9.18 Å². The molecule has 0 saturated heterocycles. The summed E-state index contributed by atoms with van der Waals surface area (Å²) in [6, 6.07) is 4.33. The molecule has 0 bridgehead atoms. The van der Waals surface area contributed by atoms with Gasteiger partial charge >= 0.3 is 5.97 Å². The first-order valence-corrected chi connectivity index (χ1v) is 6.25. The Hall–Kier alpha value is -1.42. The first-order chi connectivity index (χ1) is 8.49. The molecular formula is C14H20FNO2. The molecule has 0 aliphatic rings. The Bertz CT molecular complexity index is 420. The molecular weight excluding hydrogens is 233 g/mol. The van der Waals surface area contributed by atoms with Crippen LogP contribution in [-0.4, -0.2) is 28.6 Å². The second-order valence-corrected chi connectivity index (χ2v) is 4.43. The molecule has 1 rings (SSSR count). The Morgan fingerprint density at radius 1 is 1.44 bits per heavy atom. The van der Waals surface area contributed by atoms with Crippen LogP contribution in [0.15, 0.2) is 18.2 Å². The van der Waals surface area contributed by atoms with Gasteiger partial charge in [0.25, 0.3) is 0 Å². The molecule has 1 atom stereocenters. The average Bonchev–Trinajstić information content (AvgIpc) is 2.36. The van der Waals surface area contributed by atoms with Crippen LogP contribution in [0.2, 0.25) is 0 Å². The molecule has 0 aliphatic carbocycles. The van der Waals surface area contributed by atoms with E-state index in [0.717, 1.165) is 19.0 Å². The van der Waals surface area contributed by atoms with Crippen molar-refractivity contribution in [3.63, 3.8) is 0 Å². The summed E-state index contributed by atoms with van der Waals surface area (Å²) in [5.41, 5.74) is 0.711. The van der Waals surface area contributed by atoms with Crippen molar-refractivity contribution in [2.45, 2.75) is 39.8 Å².